The minimum atomic E-state index is -1.03. The number of ether oxygens (including phenoxy) is 8. The second-order valence-corrected chi connectivity index (χ2v) is 27.7. The van der Waals surface area contributed by atoms with Crippen molar-refractivity contribution in [1.29, 1.82) is 0 Å². The van der Waals surface area contributed by atoms with E-state index in [1.165, 1.54) is 57.8 Å². The molecule has 0 bridgehead atoms. The highest BCUT2D eigenvalue weighted by molar-refractivity contribution is 5.94. The molecule has 1 aliphatic rings. The van der Waals surface area contributed by atoms with Crippen LogP contribution in [0.3, 0.4) is 0 Å². The smallest absolute Gasteiger partial charge is 0.251 e. The van der Waals surface area contributed by atoms with Crippen LogP contribution in [-0.4, -0.2) is 80.5 Å². The van der Waals surface area contributed by atoms with Crippen LogP contribution in [-0.2, 0) is 82.3 Å². The van der Waals surface area contributed by atoms with Gasteiger partial charge in [0, 0.05) is 18.5 Å². The van der Waals surface area contributed by atoms with Crippen LogP contribution in [0.25, 0.3) is 11.1 Å². The molecule has 0 aromatic heterocycles. The van der Waals surface area contributed by atoms with Crippen molar-refractivity contribution in [3.8, 4) is 11.1 Å². The summed E-state index contributed by atoms with van der Waals surface area (Å²) in [6.07, 6.45) is 20.1. The Morgan fingerprint density at radius 3 is 1.28 bits per heavy atom. The number of nitrogens with one attached hydrogen (secondary N) is 2. The van der Waals surface area contributed by atoms with Crippen molar-refractivity contribution in [2.24, 2.45) is 0 Å². The van der Waals surface area contributed by atoms with E-state index in [4.69, 9.17) is 37.9 Å². The third-order valence-corrected chi connectivity index (χ3v) is 19.4. The number of amides is 2. The van der Waals surface area contributed by atoms with Gasteiger partial charge < -0.3 is 48.5 Å². The SMILES string of the molecule is CCCCCCCCCCCCCC[C@@H](OCc1ccccc1)[C@@H](OCc1ccccc1)[C@H](CO[C@H]1O[C@H](COCc2ccccc2)[C@H](OCc2ccccc2)[C@H](OCc2ccccc2)[C@H]1OCc1ccccc1)NC(=O)CCCCCCCCCCCNC(=O)c1ccc(-c2ccccc2)cc1. The molecule has 12 nitrogen and oxygen atoms in total. The molecule has 103 heavy (non-hydrogen) atoms. The molecule has 0 radical (unpaired) electrons. The van der Waals surface area contributed by atoms with Crippen LogP contribution in [0.2, 0.25) is 0 Å². The molecule has 1 aliphatic heterocycles. The zero-order chi connectivity index (χ0) is 71.2. The minimum Gasteiger partial charge on any atom is -0.374 e. The Kier molecular flexibility index (Phi) is 37.4. The molecule has 0 aliphatic carbocycles. The Morgan fingerprint density at radius 2 is 0.786 bits per heavy atom. The van der Waals surface area contributed by atoms with E-state index >= 15 is 0 Å². The van der Waals surface area contributed by atoms with Gasteiger partial charge in [-0.3, -0.25) is 9.59 Å². The average Bonchev–Trinajstić information content (AvgIpc) is 0.786. The van der Waals surface area contributed by atoms with Gasteiger partial charge in [0.25, 0.3) is 5.91 Å². The number of hydrogen-bond acceptors (Lipinski definition) is 10. The standard InChI is InChI=1S/C91H116N2O10/c1-2-3-4-5-6-7-8-9-11-14-17-41-58-83(97-66-74-46-29-21-30-47-74)86(98-67-75-48-31-22-32-49-75)82(93-85(94)59-42-18-15-12-10-13-16-19-43-64-92-90(95)81-62-60-80(61-63-81)79-56-39-26-40-57-79)71-102-91-89(101-70-78-54-37-25-38-55-78)88(100-69-77-52-35-24-36-53-77)87(99-68-76-50-33-23-34-51-76)84(103-91)72-96-65-73-44-27-20-28-45-73/h20-40,44-57,60-63,82-84,86-89,91H,2-19,41-43,58-59,64-72H2,1H3,(H,92,95)(H,93,94)/t82-,83+,84+,86-,87-,88-,89+,91-/m0/s1. The molecule has 2 N–H and O–H groups in total. The summed E-state index contributed by atoms with van der Waals surface area (Å²) in [5, 5.41) is 6.66. The lowest BCUT2D eigenvalue weighted by molar-refractivity contribution is -0.330. The maximum Gasteiger partial charge on any atom is 0.251 e. The normalized spacial score (nSPS) is 16.8. The lowest BCUT2D eigenvalue weighted by Gasteiger charge is -2.46. The summed E-state index contributed by atoms with van der Waals surface area (Å²) < 4.78 is 57.0. The van der Waals surface area contributed by atoms with E-state index in [1.807, 2.05) is 152 Å². The predicted molar refractivity (Wildman–Crippen MR) is 414 cm³/mol. The number of hydrogen-bond donors (Lipinski definition) is 2. The van der Waals surface area contributed by atoms with Crippen LogP contribution < -0.4 is 10.6 Å². The van der Waals surface area contributed by atoms with Crippen LogP contribution >= 0.6 is 0 Å². The third kappa shape index (κ3) is 30.2. The molecule has 0 unspecified atom stereocenters. The first kappa shape index (κ1) is 79.5. The first-order valence-electron chi connectivity index (χ1n) is 38.8. The Balaban J connectivity index is 0.924. The molecule has 1 heterocycles. The number of unbranched alkanes of at least 4 members (excludes halogenated alkanes) is 19. The summed E-state index contributed by atoms with van der Waals surface area (Å²) in [5.41, 5.74) is 9.00. The largest absolute Gasteiger partial charge is 0.374 e. The zero-order valence-corrected chi connectivity index (χ0v) is 61.3. The minimum absolute atomic E-state index is 0.00140. The molecule has 2 amide bonds. The first-order valence-corrected chi connectivity index (χ1v) is 38.8. The highest BCUT2D eigenvalue weighted by atomic mass is 16.7. The molecular weight excluding hydrogens is 1280 g/mol. The first-order chi connectivity index (χ1) is 51.0. The molecular formula is C91H116N2O10. The molecule has 8 aromatic rings. The molecule has 1 saturated heterocycles. The van der Waals surface area contributed by atoms with Gasteiger partial charge in [-0.25, -0.2) is 0 Å². The van der Waals surface area contributed by atoms with E-state index in [9.17, 15) is 9.59 Å². The summed E-state index contributed by atoms with van der Waals surface area (Å²) in [6.45, 7) is 4.93. The van der Waals surface area contributed by atoms with Crippen LogP contribution in [0, 0.1) is 0 Å². The predicted octanol–water partition coefficient (Wildman–Crippen LogP) is 20.4. The number of rotatable bonds is 52. The highest BCUT2D eigenvalue weighted by Crippen LogP contribution is 2.33. The fourth-order valence-corrected chi connectivity index (χ4v) is 13.5. The Labute approximate surface area is 616 Å². The van der Waals surface area contributed by atoms with Gasteiger partial charge in [0.2, 0.25) is 5.91 Å². The maximum absolute atomic E-state index is 14.9. The Bertz CT molecular complexity index is 3450. The van der Waals surface area contributed by atoms with Gasteiger partial charge in [0.1, 0.15) is 30.5 Å². The number of benzene rings is 8. The molecule has 550 valence electrons. The third-order valence-electron chi connectivity index (χ3n) is 19.4. The molecule has 1 fully saturated rings. The van der Waals surface area contributed by atoms with Crippen molar-refractivity contribution in [3.05, 3.63) is 276 Å². The van der Waals surface area contributed by atoms with Gasteiger partial charge in [0.05, 0.1) is 65.0 Å². The van der Waals surface area contributed by atoms with Crippen molar-refractivity contribution in [1.82, 2.24) is 10.6 Å². The van der Waals surface area contributed by atoms with Crippen LogP contribution in [0.4, 0.5) is 0 Å². The van der Waals surface area contributed by atoms with Crippen LogP contribution in [0.1, 0.15) is 198 Å². The fraction of sp³-hybridized carbons (Fsp3) is 0.451. The lowest BCUT2D eigenvalue weighted by atomic mass is 9.97. The van der Waals surface area contributed by atoms with Gasteiger partial charge in [-0.1, -0.05) is 353 Å². The zero-order valence-electron chi connectivity index (χ0n) is 61.3. The van der Waals surface area contributed by atoms with Gasteiger partial charge in [-0.2, -0.15) is 0 Å². The second kappa shape index (κ2) is 48.4. The average molecular weight is 1400 g/mol. The van der Waals surface area contributed by atoms with E-state index < -0.39 is 49.0 Å². The Morgan fingerprint density at radius 1 is 0.388 bits per heavy atom. The topological polar surface area (TPSA) is 132 Å². The molecule has 0 spiro atoms. The van der Waals surface area contributed by atoms with E-state index in [0.29, 0.717) is 45.0 Å². The van der Waals surface area contributed by atoms with E-state index in [1.54, 1.807) is 0 Å². The lowest BCUT2D eigenvalue weighted by Crippen LogP contribution is -2.62. The van der Waals surface area contributed by atoms with Crippen molar-refractivity contribution in [3.63, 3.8) is 0 Å². The summed E-state index contributed by atoms with van der Waals surface area (Å²) >= 11 is 0. The molecule has 8 atom stereocenters. The van der Waals surface area contributed by atoms with Crippen molar-refractivity contribution >= 4 is 11.8 Å². The van der Waals surface area contributed by atoms with Crippen LogP contribution in [0.5, 0.6) is 0 Å². The number of carbonyl (C=O) groups excluding carboxylic acids is 2. The monoisotopic (exact) mass is 1400 g/mol. The highest BCUT2D eigenvalue weighted by Gasteiger charge is 2.50. The van der Waals surface area contributed by atoms with E-state index in [-0.39, 0.29) is 38.2 Å². The van der Waals surface area contributed by atoms with Gasteiger partial charge in [-0.05, 0) is 75.9 Å². The summed E-state index contributed by atoms with van der Waals surface area (Å²) in [4.78, 5) is 27.9. The Hall–Kier alpha value is -7.62. The molecule has 9 rings (SSSR count). The van der Waals surface area contributed by atoms with Crippen molar-refractivity contribution in [2.75, 3.05) is 19.8 Å². The number of carbonyl (C=O) groups is 2. The summed E-state index contributed by atoms with van der Waals surface area (Å²) in [7, 11) is 0. The molecule has 0 saturated carbocycles. The van der Waals surface area contributed by atoms with Gasteiger partial charge in [-0.15, -0.1) is 0 Å². The maximum atomic E-state index is 14.9. The van der Waals surface area contributed by atoms with Crippen molar-refractivity contribution < 1.29 is 47.5 Å². The van der Waals surface area contributed by atoms with E-state index in [0.717, 1.165) is 128 Å². The van der Waals surface area contributed by atoms with Crippen molar-refractivity contribution in [2.45, 2.75) is 243 Å². The van der Waals surface area contributed by atoms with Gasteiger partial charge >= 0.3 is 0 Å². The van der Waals surface area contributed by atoms with E-state index in [2.05, 4.69) is 102 Å². The quantitative estimate of drug-likeness (QED) is 0.0355. The summed E-state index contributed by atoms with van der Waals surface area (Å²) in [6, 6.07) is 78.5. The molecule has 12 heteroatoms. The molecule has 8 aromatic carbocycles. The van der Waals surface area contributed by atoms with Gasteiger partial charge in [0.15, 0.2) is 6.29 Å². The fourth-order valence-electron chi connectivity index (χ4n) is 13.5. The second-order valence-electron chi connectivity index (χ2n) is 27.7. The van der Waals surface area contributed by atoms with Crippen LogP contribution in [0.15, 0.2) is 237 Å². The summed E-state index contributed by atoms with van der Waals surface area (Å²) in [5.74, 6) is -0.103.